The fourth-order valence-corrected chi connectivity index (χ4v) is 1.78. The minimum Gasteiger partial charge on any atom is -0.478 e. The van der Waals surface area contributed by atoms with Gasteiger partial charge in [-0.15, -0.1) is 0 Å². The number of hydrogen-bond donors (Lipinski definition) is 2. The van der Waals surface area contributed by atoms with Gasteiger partial charge in [0.15, 0.2) is 0 Å². The number of amides is 1. The second kappa shape index (κ2) is 5.21. The molecule has 96 valence electrons. The van der Waals surface area contributed by atoms with E-state index in [0.717, 1.165) is 12.0 Å². The van der Waals surface area contributed by atoms with Gasteiger partial charge in [-0.1, -0.05) is 5.57 Å². The van der Waals surface area contributed by atoms with Crippen molar-refractivity contribution >= 4 is 12.1 Å². The molecule has 2 N–H and O–H groups in total. The lowest BCUT2D eigenvalue weighted by Crippen LogP contribution is -2.37. The SMILES string of the molecule is CC(C)(C)OC(=O)NC1CCC(=CC(=O)O)C1. The van der Waals surface area contributed by atoms with Crippen molar-refractivity contribution in [3.05, 3.63) is 11.6 Å². The van der Waals surface area contributed by atoms with Gasteiger partial charge in [0.2, 0.25) is 0 Å². The summed E-state index contributed by atoms with van der Waals surface area (Å²) in [4.78, 5) is 22.0. The zero-order chi connectivity index (χ0) is 13.1. The number of carboxylic acids is 1. The second-order valence-corrected chi connectivity index (χ2v) is 5.23. The molecule has 0 aromatic rings. The Labute approximate surface area is 101 Å². The summed E-state index contributed by atoms with van der Waals surface area (Å²) in [5.41, 5.74) is 0.348. The fraction of sp³-hybridized carbons (Fsp3) is 0.667. The molecule has 1 aliphatic rings. The van der Waals surface area contributed by atoms with Crippen LogP contribution in [0.3, 0.4) is 0 Å². The van der Waals surface area contributed by atoms with Crippen LogP contribution in [0.2, 0.25) is 0 Å². The third kappa shape index (κ3) is 5.38. The number of nitrogens with one attached hydrogen (secondary N) is 1. The van der Waals surface area contributed by atoms with E-state index in [0.29, 0.717) is 12.8 Å². The van der Waals surface area contributed by atoms with E-state index in [-0.39, 0.29) is 6.04 Å². The summed E-state index contributed by atoms with van der Waals surface area (Å²) >= 11 is 0. The van der Waals surface area contributed by atoms with Gasteiger partial charge in [-0.2, -0.15) is 0 Å². The van der Waals surface area contributed by atoms with Gasteiger partial charge in [0.05, 0.1) is 0 Å². The summed E-state index contributed by atoms with van der Waals surface area (Å²) in [6.45, 7) is 5.41. The van der Waals surface area contributed by atoms with Gasteiger partial charge in [-0.25, -0.2) is 9.59 Å². The molecule has 0 heterocycles. The first-order valence-electron chi connectivity index (χ1n) is 5.68. The topological polar surface area (TPSA) is 75.6 Å². The molecule has 1 aliphatic carbocycles. The molecule has 1 atom stereocenters. The van der Waals surface area contributed by atoms with Crippen LogP contribution in [0.4, 0.5) is 4.79 Å². The lowest BCUT2D eigenvalue weighted by atomic mass is 10.2. The summed E-state index contributed by atoms with van der Waals surface area (Å²) in [7, 11) is 0. The van der Waals surface area contributed by atoms with E-state index in [1.54, 1.807) is 20.8 Å². The van der Waals surface area contributed by atoms with Crippen molar-refractivity contribution in [2.24, 2.45) is 0 Å². The first-order valence-corrected chi connectivity index (χ1v) is 5.68. The third-order valence-electron chi connectivity index (χ3n) is 2.37. The molecule has 1 rings (SSSR count). The van der Waals surface area contributed by atoms with Crippen LogP contribution >= 0.6 is 0 Å². The second-order valence-electron chi connectivity index (χ2n) is 5.23. The van der Waals surface area contributed by atoms with Crippen molar-refractivity contribution in [2.45, 2.75) is 51.7 Å². The van der Waals surface area contributed by atoms with Crippen LogP contribution in [0.5, 0.6) is 0 Å². The van der Waals surface area contributed by atoms with Crippen molar-refractivity contribution in [3.8, 4) is 0 Å². The van der Waals surface area contributed by atoms with E-state index in [2.05, 4.69) is 5.32 Å². The highest BCUT2D eigenvalue weighted by atomic mass is 16.6. The molecule has 5 nitrogen and oxygen atoms in total. The quantitative estimate of drug-likeness (QED) is 0.726. The maximum Gasteiger partial charge on any atom is 0.407 e. The molecule has 1 unspecified atom stereocenters. The molecule has 0 aromatic heterocycles. The average Bonchev–Trinajstić information content (AvgIpc) is 2.46. The largest absolute Gasteiger partial charge is 0.478 e. The van der Waals surface area contributed by atoms with E-state index in [1.807, 2.05) is 0 Å². The summed E-state index contributed by atoms with van der Waals surface area (Å²) in [6, 6.07) is -0.0181. The van der Waals surface area contributed by atoms with Gasteiger partial charge in [0.1, 0.15) is 5.60 Å². The predicted molar refractivity (Wildman–Crippen MR) is 62.7 cm³/mol. The summed E-state index contributed by atoms with van der Waals surface area (Å²) < 4.78 is 5.13. The molecular weight excluding hydrogens is 222 g/mol. The highest BCUT2D eigenvalue weighted by Crippen LogP contribution is 2.24. The van der Waals surface area contributed by atoms with E-state index in [1.165, 1.54) is 6.08 Å². The van der Waals surface area contributed by atoms with Gasteiger partial charge < -0.3 is 15.2 Å². The Kier molecular flexibility index (Phi) is 4.15. The number of ether oxygens (including phenoxy) is 1. The lowest BCUT2D eigenvalue weighted by Gasteiger charge is -2.21. The minimum atomic E-state index is -0.932. The van der Waals surface area contributed by atoms with Crippen LogP contribution in [0, 0.1) is 0 Å². The summed E-state index contributed by atoms with van der Waals surface area (Å²) in [6.07, 6.45) is 2.84. The van der Waals surface area contributed by atoms with Crippen molar-refractivity contribution in [3.63, 3.8) is 0 Å². The fourth-order valence-electron chi connectivity index (χ4n) is 1.78. The Morgan fingerprint density at radius 3 is 2.65 bits per heavy atom. The zero-order valence-electron chi connectivity index (χ0n) is 10.4. The molecular formula is C12H19NO4. The third-order valence-corrected chi connectivity index (χ3v) is 2.37. The molecule has 1 saturated carbocycles. The van der Waals surface area contributed by atoms with Gasteiger partial charge in [0, 0.05) is 12.1 Å². The van der Waals surface area contributed by atoms with E-state index in [4.69, 9.17) is 9.84 Å². The number of carbonyl (C=O) groups excluding carboxylic acids is 1. The van der Waals surface area contributed by atoms with Gasteiger partial charge >= 0.3 is 12.1 Å². The first kappa shape index (κ1) is 13.5. The zero-order valence-corrected chi connectivity index (χ0v) is 10.4. The van der Waals surface area contributed by atoms with Crippen LogP contribution in [-0.4, -0.2) is 28.8 Å². The number of aliphatic carboxylic acids is 1. The molecule has 1 fully saturated rings. The van der Waals surface area contributed by atoms with Crippen LogP contribution in [0.15, 0.2) is 11.6 Å². The smallest absolute Gasteiger partial charge is 0.407 e. The Bertz CT molecular complexity index is 341. The number of hydrogen-bond acceptors (Lipinski definition) is 3. The molecule has 1 amide bonds. The molecule has 0 aliphatic heterocycles. The standard InChI is InChI=1S/C12H19NO4/c1-12(2,3)17-11(16)13-9-5-4-8(6-9)7-10(14)15/h7,9H,4-6H2,1-3H3,(H,13,16)(H,14,15). The number of carboxylic acid groups (broad SMARTS) is 1. The van der Waals surface area contributed by atoms with Gasteiger partial charge in [-0.3, -0.25) is 0 Å². The van der Waals surface area contributed by atoms with Gasteiger partial charge in [-0.05, 0) is 40.0 Å². The van der Waals surface area contributed by atoms with E-state index >= 15 is 0 Å². The normalized spacial score (nSPS) is 22.5. The summed E-state index contributed by atoms with van der Waals surface area (Å²) in [5, 5.41) is 11.4. The number of rotatable bonds is 2. The number of carbonyl (C=O) groups is 2. The van der Waals surface area contributed by atoms with Crippen molar-refractivity contribution in [2.75, 3.05) is 0 Å². The Morgan fingerprint density at radius 2 is 2.12 bits per heavy atom. The minimum absolute atomic E-state index is 0.0181. The van der Waals surface area contributed by atoms with Crippen LogP contribution < -0.4 is 5.32 Å². The predicted octanol–water partition coefficient (Wildman–Crippen LogP) is 2.07. The first-order chi connectivity index (χ1) is 7.76. The average molecular weight is 241 g/mol. The maximum atomic E-state index is 11.5. The molecule has 0 bridgehead atoms. The van der Waals surface area contributed by atoms with Crippen LogP contribution in [0.25, 0.3) is 0 Å². The highest BCUT2D eigenvalue weighted by molar-refractivity contribution is 5.80. The lowest BCUT2D eigenvalue weighted by molar-refractivity contribution is -0.131. The molecule has 0 radical (unpaired) electrons. The molecule has 5 heteroatoms. The molecule has 0 spiro atoms. The molecule has 0 saturated heterocycles. The summed E-state index contributed by atoms with van der Waals surface area (Å²) in [5.74, 6) is -0.932. The molecule has 0 aromatic carbocycles. The van der Waals surface area contributed by atoms with Gasteiger partial charge in [0.25, 0.3) is 0 Å². The monoisotopic (exact) mass is 241 g/mol. The van der Waals surface area contributed by atoms with Crippen molar-refractivity contribution < 1.29 is 19.4 Å². The molecule has 17 heavy (non-hydrogen) atoms. The van der Waals surface area contributed by atoms with Crippen LogP contribution in [0.1, 0.15) is 40.0 Å². The highest BCUT2D eigenvalue weighted by Gasteiger charge is 2.24. The Hall–Kier alpha value is -1.52. The maximum absolute atomic E-state index is 11.5. The van der Waals surface area contributed by atoms with E-state index < -0.39 is 17.7 Å². The van der Waals surface area contributed by atoms with Crippen LogP contribution in [-0.2, 0) is 9.53 Å². The van der Waals surface area contributed by atoms with Crippen molar-refractivity contribution in [1.82, 2.24) is 5.32 Å². The Balaban J connectivity index is 2.40. The van der Waals surface area contributed by atoms with Crippen molar-refractivity contribution in [1.29, 1.82) is 0 Å². The number of alkyl carbamates (subject to hydrolysis) is 1. The van der Waals surface area contributed by atoms with E-state index in [9.17, 15) is 9.59 Å². The Morgan fingerprint density at radius 1 is 1.47 bits per heavy atom.